The zero-order valence-corrected chi connectivity index (χ0v) is 11.9. The summed E-state index contributed by atoms with van der Waals surface area (Å²) in [6.45, 7) is 1.84. The van der Waals surface area contributed by atoms with Crippen LogP contribution in [-0.4, -0.2) is 34.2 Å². The third-order valence-electron chi connectivity index (χ3n) is 3.73. The van der Waals surface area contributed by atoms with Gasteiger partial charge >= 0.3 is 0 Å². The number of aromatic nitrogens is 1. The van der Waals surface area contributed by atoms with E-state index in [1.807, 2.05) is 24.3 Å². The fourth-order valence-electron chi connectivity index (χ4n) is 2.61. The summed E-state index contributed by atoms with van der Waals surface area (Å²) in [5, 5.41) is 10.0. The van der Waals surface area contributed by atoms with Crippen molar-refractivity contribution in [3.8, 4) is 11.3 Å². The summed E-state index contributed by atoms with van der Waals surface area (Å²) in [4.78, 5) is 6.54. The first kappa shape index (κ1) is 13.6. The molecule has 0 aliphatic carbocycles. The smallest absolute Gasteiger partial charge is 0.209 e. The number of aliphatic hydroxyl groups is 1. The molecule has 1 aliphatic rings. The van der Waals surface area contributed by atoms with E-state index in [4.69, 9.17) is 16.0 Å². The van der Waals surface area contributed by atoms with Gasteiger partial charge in [0.15, 0.2) is 5.76 Å². The number of rotatable bonds is 4. The predicted octanol–water partition coefficient (Wildman–Crippen LogP) is 2.95. The lowest BCUT2D eigenvalue weighted by Crippen LogP contribution is -2.31. The molecule has 4 nitrogen and oxygen atoms in total. The fraction of sp³-hybridized carbons (Fsp3) is 0.400. The van der Waals surface area contributed by atoms with E-state index in [-0.39, 0.29) is 12.6 Å². The Morgan fingerprint density at radius 3 is 2.90 bits per heavy atom. The van der Waals surface area contributed by atoms with E-state index in [1.54, 1.807) is 6.20 Å². The summed E-state index contributed by atoms with van der Waals surface area (Å²) in [6.07, 6.45) is 3.90. The van der Waals surface area contributed by atoms with Gasteiger partial charge in [-0.05, 0) is 43.7 Å². The predicted molar refractivity (Wildman–Crippen MR) is 77.5 cm³/mol. The number of nitrogens with zero attached hydrogens (tertiary/aromatic N) is 2. The minimum atomic E-state index is 0.199. The van der Waals surface area contributed by atoms with Crippen LogP contribution in [0.15, 0.2) is 34.9 Å². The number of likely N-dealkylation sites (tertiary alicyclic amines) is 1. The van der Waals surface area contributed by atoms with Crippen LogP contribution in [-0.2, 0) is 6.54 Å². The zero-order chi connectivity index (χ0) is 13.9. The van der Waals surface area contributed by atoms with E-state index in [1.165, 1.54) is 0 Å². The van der Waals surface area contributed by atoms with Gasteiger partial charge in [0, 0.05) is 16.6 Å². The topological polar surface area (TPSA) is 49.5 Å². The van der Waals surface area contributed by atoms with Crippen LogP contribution >= 0.6 is 11.6 Å². The summed E-state index contributed by atoms with van der Waals surface area (Å²) < 4.78 is 5.79. The molecule has 1 saturated heterocycles. The number of oxazole rings is 1. The highest BCUT2D eigenvalue weighted by atomic mass is 35.5. The molecule has 1 atom stereocenters. The maximum atomic E-state index is 9.32. The monoisotopic (exact) mass is 292 g/mol. The van der Waals surface area contributed by atoms with Gasteiger partial charge in [-0.25, -0.2) is 4.98 Å². The lowest BCUT2D eigenvalue weighted by molar-refractivity contribution is 0.144. The van der Waals surface area contributed by atoms with Crippen molar-refractivity contribution in [3.05, 3.63) is 41.4 Å². The van der Waals surface area contributed by atoms with Crippen molar-refractivity contribution in [3.63, 3.8) is 0 Å². The van der Waals surface area contributed by atoms with E-state index < -0.39 is 0 Å². The van der Waals surface area contributed by atoms with E-state index in [9.17, 15) is 5.11 Å². The first-order valence-corrected chi connectivity index (χ1v) is 7.19. The quantitative estimate of drug-likeness (QED) is 0.941. The molecule has 1 unspecified atom stereocenters. The van der Waals surface area contributed by atoms with Gasteiger partial charge in [0.05, 0.1) is 19.3 Å². The number of aliphatic hydroxyl groups excluding tert-OH is 1. The summed E-state index contributed by atoms with van der Waals surface area (Å²) in [5.74, 6) is 1.44. The number of halogens is 1. The highest BCUT2D eigenvalue weighted by molar-refractivity contribution is 6.30. The molecule has 20 heavy (non-hydrogen) atoms. The third kappa shape index (κ3) is 2.87. The SMILES string of the molecule is OCC1CCCN1Cc1ncc(-c2ccc(Cl)cc2)o1. The Kier molecular flexibility index (Phi) is 4.05. The molecule has 1 N–H and O–H groups in total. The average molecular weight is 293 g/mol. The van der Waals surface area contributed by atoms with Gasteiger partial charge in [-0.1, -0.05) is 11.6 Å². The molecule has 2 heterocycles. The lowest BCUT2D eigenvalue weighted by Gasteiger charge is -2.20. The molecule has 1 aromatic heterocycles. The summed E-state index contributed by atoms with van der Waals surface area (Å²) in [7, 11) is 0. The highest BCUT2D eigenvalue weighted by Gasteiger charge is 2.25. The van der Waals surface area contributed by atoms with Crippen molar-refractivity contribution in [1.82, 2.24) is 9.88 Å². The Morgan fingerprint density at radius 2 is 2.15 bits per heavy atom. The van der Waals surface area contributed by atoms with Crippen LogP contribution in [0.1, 0.15) is 18.7 Å². The van der Waals surface area contributed by atoms with Crippen molar-refractivity contribution in [2.45, 2.75) is 25.4 Å². The summed E-state index contributed by atoms with van der Waals surface area (Å²) >= 11 is 5.87. The van der Waals surface area contributed by atoms with Crippen LogP contribution in [0.2, 0.25) is 5.02 Å². The van der Waals surface area contributed by atoms with Gasteiger partial charge < -0.3 is 9.52 Å². The largest absolute Gasteiger partial charge is 0.439 e. The molecule has 0 bridgehead atoms. The van der Waals surface area contributed by atoms with Crippen molar-refractivity contribution in [2.24, 2.45) is 0 Å². The molecule has 5 heteroatoms. The van der Waals surface area contributed by atoms with Crippen molar-refractivity contribution in [1.29, 1.82) is 0 Å². The van der Waals surface area contributed by atoms with Crippen molar-refractivity contribution in [2.75, 3.05) is 13.2 Å². The Labute approximate surface area is 123 Å². The molecule has 0 amide bonds. The minimum Gasteiger partial charge on any atom is -0.439 e. The van der Waals surface area contributed by atoms with Gasteiger partial charge in [0.1, 0.15) is 0 Å². The van der Waals surface area contributed by atoms with Crippen LogP contribution in [0.25, 0.3) is 11.3 Å². The van der Waals surface area contributed by atoms with Crippen LogP contribution in [0.5, 0.6) is 0 Å². The lowest BCUT2D eigenvalue weighted by atomic mass is 10.2. The maximum Gasteiger partial charge on any atom is 0.209 e. The second kappa shape index (κ2) is 5.95. The molecule has 1 aliphatic heterocycles. The first-order valence-electron chi connectivity index (χ1n) is 6.82. The standard InChI is InChI=1S/C15H17ClN2O2/c16-12-5-3-11(4-6-12)14-8-17-15(20-14)9-18-7-1-2-13(18)10-19/h3-6,8,13,19H,1-2,7,9-10H2. The van der Waals surface area contributed by atoms with Crippen LogP contribution in [0.4, 0.5) is 0 Å². The fourth-order valence-corrected chi connectivity index (χ4v) is 2.74. The van der Waals surface area contributed by atoms with E-state index in [0.717, 1.165) is 30.7 Å². The summed E-state index contributed by atoms with van der Waals surface area (Å²) in [5.41, 5.74) is 0.966. The molecule has 0 spiro atoms. The molecule has 0 saturated carbocycles. The third-order valence-corrected chi connectivity index (χ3v) is 3.98. The van der Waals surface area contributed by atoms with Gasteiger partial charge in [-0.3, -0.25) is 4.90 Å². The molecule has 3 rings (SSSR count). The molecule has 106 valence electrons. The first-order chi connectivity index (χ1) is 9.76. The van der Waals surface area contributed by atoms with E-state index >= 15 is 0 Å². The number of benzene rings is 1. The Hall–Kier alpha value is -1.36. The van der Waals surface area contributed by atoms with Gasteiger partial charge in [-0.15, -0.1) is 0 Å². The maximum absolute atomic E-state index is 9.32. The van der Waals surface area contributed by atoms with Crippen LogP contribution < -0.4 is 0 Å². The minimum absolute atomic E-state index is 0.199. The normalized spacial score (nSPS) is 19.6. The second-order valence-corrected chi connectivity index (χ2v) is 5.51. The number of hydrogen-bond donors (Lipinski definition) is 1. The van der Waals surface area contributed by atoms with Gasteiger partial charge in [-0.2, -0.15) is 0 Å². The summed E-state index contributed by atoms with van der Waals surface area (Å²) in [6, 6.07) is 7.74. The Balaban J connectivity index is 1.72. The molecular formula is C15H17ClN2O2. The second-order valence-electron chi connectivity index (χ2n) is 5.07. The Morgan fingerprint density at radius 1 is 1.35 bits per heavy atom. The molecular weight excluding hydrogens is 276 g/mol. The highest BCUT2D eigenvalue weighted by Crippen LogP contribution is 2.24. The van der Waals surface area contributed by atoms with E-state index in [0.29, 0.717) is 17.5 Å². The molecule has 1 fully saturated rings. The van der Waals surface area contributed by atoms with Crippen LogP contribution in [0.3, 0.4) is 0 Å². The van der Waals surface area contributed by atoms with Crippen LogP contribution in [0, 0.1) is 0 Å². The van der Waals surface area contributed by atoms with E-state index in [2.05, 4.69) is 9.88 Å². The zero-order valence-electron chi connectivity index (χ0n) is 11.1. The van der Waals surface area contributed by atoms with Gasteiger partial charge in [0.25, 0.3) is 0 Å². The molecule has 2 aromatic rings. The van der Waals surface area contributed by atoms with Crippen molar-refractivity contribution < 1.29 is 9.52 Å². The molecule has 0 radical (unpaired) electrons. The number of hydrogen-bond acceptors (Lipinski definition) is 4. The Bertz CT molecular complexity index is 568. The molecule has 1 aromatic carbocycles. The van der Waals surface area contributed by atoms with Crippen molar-refractivity contribution >= 4 is 11.6 Å². The average Bonchev–Trinajstić information content (AvgIpc) is 3.09. The van der Waals surface area contributed by atoms with Gasteiger partial charge in [0.2, 0.25) is 5.89 Å².